The van der Waals surface area contributed by atoms with Gasteiger partial charge in [-0.2, -0.15) is 4.39 Å². The molecule has 33 heavy (non-hydrogen) atoms. The largest absolute Gasteiger partial charge is 0.494 e. The number of halogens is 2. The molecule has 0 amide bonds. The van der Waals surface area contributed by atoms with E-state index >= 15 is 0 Å². The Bertz CT molecular complexity index is 917. The van der Waals surface area contributed by atoms with Gasteiger partial charge in [0.05, 0.1) is 7.11 Å². The first-order valence-corrected chi connectivity index (χ1v) is 12.8. The third-order valence-corrected chi connectivity index (χ3v) is 8.08. The first-order valence-electron chi connectivity index (χ1n) is 12.8. The molecule has 2 aromatic carbocycles. The number of hydrogen-bond acceptors (Lipinski definition) is 1. The van der Waals surface area contributed by atoms with Crippen molar-refractivity contribution in [2.24, 2.45) is 23.7 Å². The van der Waals surface area contributed by atoms with Crippen molar-refractivity contribution in [2.45, 2.75) is 71.1 Å². The van der Waals surface area contributed by atoms with Crippen LogP contribution in [0.3, 0.4) is 0 Å². The predicted octanol–water partition coefficient (Wildman–Crippen LogP) is 8.76. The molecule has 2 aromatic rings. The standard InChI is InChI=1S/C30H38F2O/c1-21-7-13-24(14-8-21)25-15-9-22(10-16-25)5-3-4-6-23-11-17-26(18-12-23)27-19-20-28(33-2)30(32)29(27)31/h3,5,11-12,17-22,24-25H,4,6-10,13-16H2,1-2H3/b5-3+. The molecule has 0 spiro atoms. The van der Waals surface area contributed by atoms with Gasteiger partial charge in [-0.3, -0.25) is 0 Å². The summed E-state index contributed by atoms with van der Waals surface area (Å²) in [6.45, 7) is 2.41. The molecule has 0 aromatic heterocycles. The molecule has 0 bridgehead atoms. The predicted molar refractivity (Wildman–Crippen MR) is 132 cm³/mol. The van der Waals surface area contributed by atoms with Gasteiger partial charge in [0.25, 0.3) is 0 Å². The van der Waals surface area contributed by atoms with Crippen molar-refractivity contribution in [1.29, 1.82) is 0 Å². The summed E-state index contributed by atoms with van der Waals surface area (Å²) < 4.78 is 33.2. The molecule has 0 radical (unpaired) electrons. The molecule has 3 heteroatoms. The Balaban J connectivity index is 1.22. The van der Waals surface area contributed by atoms with Crippen LogP contribution in [0, 0.1) is 35.3 Å². The van der Waals surface area contributed by atoms with Crippen LogP contribution in [-0.2, 0) is 6.42 Å². The van der Waals surface area contributed by atoms with Crippen LogP contribution in [0.1, 0.15) is 70.3 Å². The molecule has 0 aliphatic heterocycles. The quantitative estimate of drug-likeness (QED) is 0.382. The molecule has 178 valence electrons. The highest BCUT2D eigenvalue weighted by Gasteiger charge is 2.29. The van der Waals surface area contributed by atoms with E-state index in [0.717, 1.165) is 36.5 Å². The van der Waals surface area contributed by atoms with Gasteiger partial charge in [-0.25, -0.2) is 4.39 Å². The van der Waals surface area contributed by atoms with Gasteiger partial charge < -0.3 is 4.74 Å². The lowest BCUT2D eigenvalue weighted by Gasteiger charge is -2.36. The van der Waals surface area contributed by atoms with E-state index in [9.17, 15) is 8.78 Å². The Morgan fingerprint density at radius 1 is 0.818 bits per heavy atom. The summed E-state index contributed by atoms with van der Waals surface area (Å²) in [4.78, 5) is 0. The maximum atomic E-state index is 14.3. The summed E-state index contributed by atoms with van der Waals surface area (Å²) >= 11 is 0. The molecule has 2 fully saturated rings. The van der Waals surface area contributed by atoms with Crippen molar-refractivity contribution in [1.82, 2.24) is 0 Å². The zero-order valence-corrected chi connectivity index (χ0v) is 20.2. The summed E-state index contributed by atoms with van der Waals surface area (Å²) in [5.41, 5.74) is 2.16. The molecule has 4 rings (SSSR count). The molecular formula is C30H38F2O. The fourth-order valence-electron chi connectivity index (χ4n) is 5.87. The molecule has 0 heterocycles. The number of rotatable bonds is 7. The second-order valence-electron chi connectivity index (χ2n) is 10.3. The number of benzene rings is 2. The van der Waals surface area contributed by atoms with Crippen LogP contribution in [0.2, 0.25) is 0 Å². The van der Waals surface area contributed by atoms with E-state index in [4.69, 9.17) is 4.74 Å². The Labute approximate surface area is 198 Å². The van der Waals surface area contributed by atoms with Crippen molar-refractivity contribution in [3.8, 4) is 16.9 Å². The van der Waals surface area contributed by atoms with Crippen LogP contribution < -0.4 is 4.74 Å². The highest BCUT2D eigenvalue weighted by molar-refractivity contribution is 5.65. The molecule has 2 aliphatic carbocycles. The van der Waals surface area contributed by atoms with Gasteiger partial charge in [0.15, 0.2) is 11.6 Å². The molecule has 0 saturated heterocycles. The van der Waals surface area contributed by atoms with E-state index in [0.29, 0.717) is 5.56 Å². The Morgan fingerprint density at radius 3 is 2.09 bits per heavy atom. The average Bonchev–Trinajstić information content (AvgIpc) is 2.85. The Kier molecular flexibility index (Phi) is 8.22. The summed E-state index contributed by atoms with van der Waals surface area (Å²) in [6.07, 6.45) is 18.1. The van der Waals surface area contributed by atoms with Crippen LogP contribution in [0.15, 0.2) is 48.6 Å². The molecule has 0 N–H and O–H groups in total. The second-order valence-corrected chi connectivity index (χ2v) is 10.3. The third-order valence-electron chi connectivity index (χ3n) is 8.08. The number of methoxy groups -OCH3 is 1. The number of ether oxygens (including phenoxy) is 1. The first-order chi connectivity index (χ1) is 16.0. The van der Waals surface area contributed by atoms with Gasteiger partial charge in [-0.15, -0.1) is 0 Å². The number of aryl methyl sites for hydroxylation is 1. The van der Waals surface area contributed by atoms with Crippen molar-refractivity contribution in [3.05, 3.63) is 65.7 Å². The van der Waals surface area contributed by atoms with Crippen LogP contribution in [0.5, 0.6) is 5.75 Å². The van der Waals surface area contributed by atoms with Crippen molar-refractivity contribution < 1.29 is 13.5 Å². The third kappa shape index (κ3) is 6.05. The summed E-state index contributed by atoms with van der Waals surface area (Å²) in [7, 11) is 1.34. The normalized spacial score (nSPS) is 25.9. The van der Waals surface area contributed by atoms with E-state index in [1.807, 2.05) is 24.3 Å². The monoisotopic (exact) mass is 452 g/mol. The van der Waals surface area contributed by atoms with E-state index in [2.05, 4.69) is 19.1 Å². The average molecular weight is 453 g/mol. The van der Waals surface area contributed by atoms with E-state index in [1.54, 1.807) is 6.07 Å². The van der Waals surface area contributed by atoms with E-state index in [-0.39, 0.29) is 11.3 Å². The van der Waals surface area contributed by atoms with Crippen molar-refractivity contribution >= 4 is 0 Å². The van der Waals surface area contributed by atoms with Gasteiger partial charge in [0, 0.05) is 5.56 Å². The van der Waals surface area contributed by atoms with Crippen LogP contribution in [-0.4, -0.2) is 7.11 Å². The minimum Gasteiger partial charge on any atom is -0.494 e. The van der Waals surface area contributed by atoms with Gasteiger partial charge in [-0.1, -0.05) is 56.2 Å². The lowest BCUT2D eigenvalue weighted by Crippen LogP contribution is -2.24. The molecule has 2 saturated carbocycles. The van der Waals surface area contributed by atoms with E-state index < -0.39 is 11.6 Å². The lowest BCUT2D eigenvalue weighted by molar-refractivity contribution is 0.160. The van der Waals surface area contributed by atoms with Gasteiger partial charge in [-0.05, 0) is 98.3 Å². The SMILES string of the molecule is COc1ccc(-c2ccc(CC/C=C/C3CCC(C4CCC(C)CC4)CC3)cc2)c(F)c1F. The Hall–Kier alpha value is -2.16. The number of hydrogen-bond donors (Lipinski definition) is 0. The summed E-state index contributed by atoms with van der Waals surface area (Å²) in [6, 6.07) is 10.8. The van der Waals surface area contributed by atoms with Crippen LogP contribution >= 0.6 is 0 Å². The highest BCUT2D eigenvalue weighted by atomic mass is 19.2. The first kappa shape index (κ1) is 24.0. The zero-order valence-electron chi connectivity index (χ0n) is 20.2. The highest BCUT2D eigenvalue weighted by Crippen LogP contribution is 2.41. The second kappa shape index (κ2) is 11.3. The molecule has 0 atom stereocenters. The van der Waals surface area contributed by atoms with Crippen LogP contribution in [0.25, 0.3) is 11.1 Å². The summed E-state index contributed by atoms with van der Waals surface area (Å²) in [5, 5.41) is 0. The smallest absolute Gasteiger partial charge is 0.201 e. The van der Waals surface area contributed by atoms with Gasteiger partial charge in [0.1, 0.15) is 0 Å². The van der Waals surface area contributed by atoms with Gasteiger partial charge >= 0.3 is 0 Å². The lowest BCUT2D eigenvalue weighted by atomic mass is 9.69. The fourth-order valence-corrected chi connectivity index (χ4v) is 5.87. The minimum absolute atomic E-state index is 0.0724. The molecule has 1 nitrogen and oxygen atoms in total. The van der Waals surface area contributed by atoms with Gasteiger partial charge in [0.2, 0.25) is 5.82 Å². The topological polar surface area (TPSA) is 9.23 Å². The maximum Gasteiger partial charge on any atom is 0.201 e. The maximum absolute atomic E-state index is 14.3. The number of allylic oxidation sites excluding steroid dienone is 2. The molecular weight excluding hydrogens is 414 g/mol. The van der Waals surface area contributed by atoms with Crippen molar-refractivity contribution in [3.63, 3.8) is 0 Å². The van der Waals surface area contributed by atoms with Crippen LogP contribution in [0.4, 0.5) is 8.78 Å². The van der Waals surface area contributed by atoms with E-state index in [1.165, 1.54) is 70.1 Å². The zero-order chi connectivity index (χ0) is 23.2. The fraction of sp³-hybridized carbons (Fsp3) is 0.533. The molecule has 2 aliphatic rings. The van der Waals surface area contributed by atoms with Crippen molar-refractivity contribution in [2.75, 3.05) is 7.11 Å². The Morgan fingerprint density at radius 2 is 1.45 bits per heavy atom. The summed E-state index contributed by atoms with van der Waals surface area (Å²) in [5.74, 6) is 1.80. The minimum atomic E-state index is -0.938. The molecule has 0 unspecified atom stereocenters.